The molecule has 0 spiro atoms. The van der Waals surface area contributed by atoms with Crippen LogP contribution in [0.4, 0.5) is 13.2 Å². The van der Waals surface area contributed by atoms with Crippen molar-refractivity contribution in [3.63, 3.8) is 0 Å². The number of hydrogen-bond donors (Lipinski definition) is 0. The van der Waals surface area contributed by atoms with Gasteiger partial charge in [-0.3, -0.25) is 4.79 Å². The zero-order valence-corrected chi connectivity index (χ0v) is 11.4. The summed E-state index contributed by atoms with van der Waals surface area (Å²) >= 11 is 2.91. The molecule has 0 saturated carbocycles. The minimum atomic E-state index is -4.64. The second kappa shape index (κ2) is 6.06. The first-order valence-electron chi connectivity index (χ1n) is 5.25. The Morgan fingerprint density at radius 1 is 1.47 bits per heavy atom. The predicted molar refractivity (Wildman–Crippen MR) is 64.2 cm³/mol. The molecule has 19 heavy (non-hydrogen) atoms. The van der Waals surface area contributed by atoms with E-state index >= 15 is 0 Å². The average Bonchev–Trinajstić information content (AvgIpc) is 2.29. The summed E-state index contributed by atoms with van der Waals surface area (Å²) < 4.78 is 43.4. The van der Waals surface area contributed by atoms with Crippen molar-refractivity contribution in [3.05, 3.63) is 33.3 Å². The molecule has 0 atom stereocenters. The molecule has 0 aliphatic rings. The van der Waals surface area contributed by atoms with E-state index in [0.29, 0.717) is 0 Å². The minimum Gasteiger partial charge on any atom is -0.466 e. The molecular formula is C12H9BrF3NO2. The van der Waals surface area contributed by atoms with E-state index in [4.69, 9.17) is 5.26 Å². The molecule has 0 heterocycles. The number of benzene rings is 1. The lowest BCUT2D eigenvalue weighted by atomic mass is 9.98. The third-order valence-electron chi connectivity index (χ3n) is 2.27. The molecule has 0 amide bonds. The van der Waals surface area contributed by atoms with Crippen LogP contribution in [0, 0.1) is 11.3 Å². The fraction of sp³-hybridized carbons (Fsp3) is 0.333. The Bertz CT molecular complexity index is 535. The van der Waals surface area contributed by atoms with Crippen LogP contribution in [0.15, 0.2) is 16.6 Å². The standard InChI is InChI=1S/C12H9BrF3NO2/c1-2-19-11(18)5-9-7(6-17)3-8(13)4-10(9)12(14,15)16/h3-4H,2,5H2,1H3. The molecule has 102 valence electrons. The van der Waals surface area contributed by atoms with Gasteiger partial charge in [0.1, 0.15) is 0 Å². The maximum atomic E-state index is 12.9. The van der Waals surface area contributed by atoms with Crippen molar-refractivity contribution in [2.75, 3.05) is 6.61 Å². The van der Waals surface area contributed by atoms with Crippen molar-refractivity contribution in [2.45, 2.75) is 19.5 Å². The van der Waals surface area contributed by atoms with Crippen LogP contribution in [-0.4, -0.2) is 12.6 Å². The molecular weight excluding hydrogens is 327 g/mol. The van der Waals surface area contributed by atoms with Gasteiger partial charge in [0.05, 0.1) is 30.2 Å². The van der Waals surface area contributed by atoms with Gasteiger partial charge in [0.25, 0.3) is 0 Å². The lowest BCUT2D eigenvalue weighted by molar-refractivity contribution is -0.143. The summed E-state index contributed by atoms with van der Waals surface area (Å²) in [4.78, 5) is 11.3. The van der Waals surface area contributed by atoms with Gasteiger partial charge in [0.2, 0.25) is 0 Å². The Labute approximate surface area is 116 Å². The van der Waals surface area contributed by atoms with Gasteiger partial charge in [-0.15, -0.1) is 0 Å². The van der Waals surface area contributed by atoms with E-state index in [2.05, 4.69) is 20.7 Å². The maximum Gasteiger partial charge on any atom is 0.416 e. The smallest absolute Gasteiger partial charge is 0.416 e. The third kappa shape index (κ3) is 3.96. The summed E-state index contributed by atoms with van der Waals surface area (Å²) in [5.41, 5.74) is -1.57. The first-order chi connectivity index (χ1) is 8.79. The molecule has 0 radical (unpaired) electrons. The molecule has 1 rings (SSSR count). The summed E-state index contributed by atoms with van der Waals surface area (Å²) in [6.45, 7) is 1.62. The van der Waals surface area contributed by atoms with Crippen molar-refractivity contribution in [2.24, 2.45) is 0 Å². The molecule has 0 aliphatic carbocycles. The van der Waals surface area contributed by atoms with Crippen LogP contribution in [-0.2, 0) is 22.1 Å². The van der Waals surface area contributed by atoms with Crippen molar-refractivity contribution >= 4 is 21.9 Å². The number of carbonyl (C=O) groups excluding carboxylic acids is 1. The van der Waals surface area contributed by atoms with Crippen LogP contribution in [0.5, 0.6) is 0 Å². The number of hydrogen-bond acceptors (Lipinski definition) is 3. The van der Waals surface area contributed by atoms with Crippen LogP contribution in [0.3, 0.4) is 0 Å². The van der Waals surface area contributed by atoms with Crippen LogP contribution in [0.25, 0.3) is 0 Å². The molecule has 0 bridgehead atoms. The van der Waals surface area contributed by atoms with Crippen LogP contribution >= 0.6 is 15.9 Å². The first-order valence-corrected chi connectivity index (χ1v) is 6.04. The molecule has 0 N–H and O–H groups in total. The fourth-order valence-corrected chi connectivity index (χ4v) is 1.99. The number of nitrogens with zero attached hydrogens (tertiary/aromatic N) is 1. The van der Waals surface area contributed by atoms with E-state index in [1.807, 2.05) is 0 Å². The van der Waals surface area contributed by atoms with Crippen LogP contribution < -0.4 is 0 Å². The summed E-state index contributed by atoms with van der Waals surface area (Å²) in [5.74, 6) is -0.799. The lowest BCUT2D eigenvalue weighted by Gasteiger charge is -2.14. The molecule has 7 heteroatoms. The quantitative estimate of drug-likeness (QED) is 0.795. The van der Waals surface area contributed by atoms with Gasteiger partial charge in [-0.05, 0) is 24.6 Å². The molecule has 3 nitrogen and oxygen atoms in total. The summed E-state index contributed by atoms with van der Waals surface area (Å²) in [6, 6.07) is 3.74. The molecule has 1 aromatic rings. The third-order valence-corrected chi connectivity index (χ3v) is 2.72. The van der Waals surface area contributed by atoms with E-state index in [1.54, 1.807) is 13.0 Å². The highest BCUT2D eigenvalue weighted by Gasteiger charge is 2.35. The van der Waals surface area contributed by atoms with Crippen molar-refractivity contribution in [1.29, 1.82) is 5.26 Å². The highest BCUT2D eigenvalue weighted by Crippen LogP contribution is 2.35. The largest absolute Gasteiger partial charge is 0.466 e. The van der Waals surface area contributed by atoms with Crippen LogP contribution in [0.2, 0.25) is 0 Å². The molecule has 0 unspecified atom stereocenters. The summed E-state index contributed by atoms with van der Waals surface area (Å²) in [5, 5.41) is 8.89. The highest BCUT2D eigenvalue weighted by atomic mass is 79.9. The number of nitriles is 1. The molecule has 0 aliphatic heterocycles. The predicted octanol–water partition coefficient (Wildman–Crippen LogP) is 3.45. The minimum absolute atomic E-state index is 0.0681. The van der Waals surface area contributed by atoms with Gasteiger partial charge >= 0.3 is 12.1 Å². The topological polar surface area (TPSA) is 50.1 Å². The number of rotatable bonds is 3. The second-order valence-electron chi connectivity index (χ2n) is 3.57. The van der Waals surface area contributed by atoms with Gasteiger partial charge in [0.15, 0.2) is 0 Å². The van der Waals surface area contributed by atoms with E-state index in [9.17, 15) is 18.0 Å². The maximum absolute atomic E-state index is 12.9. The van der Waals surface area contributed by atoms with Gasteiger partial charge in [0, 0.05) is 4.47 Å². The zero-order valence-electron chi connectivity index (χ0n) is 9.84. The first kappa shape index (κ1) is 15.5. The van der Waals surface area contributed by atoms with Crippen LogP contribution in [0.1, 0.15) is 23.6 Å². The number of ether oxygens (including phenoxy) is 1. The highest BCUT2D eigenvalue weighted by molar-refractivity contribution is 9.10. The van der Waals surface area contributed by atoms with Crippen molar-refractivity contribution < 1.29 is 22.7 Å². The number of carbonyl (C=O) groups is 1. The SMILES string of the molecule is CCOC(=O)Cc1c(C#N)cc(Br)cc1C(F)(F)F. The molecule has 1 aromatic carbocycles. The summed E-state index contributed by atoms with van der Waals surface area (Å²) in [7, 11) is 0. The van der Waals surface area contributed by atoms with Gasteiger partial charge in [-0.25, -0.2) is 0 Å². The molecule has 0 fully saturated rings. The molecule has 0 saturated heterocycles. The number of alkyl halides is 3. The summed E-state index contributed by atoms with van der Waals surface area (Å²) in [6.07, 6.45) is -5.23. The molecule has 0 aromatic heterocycles. The number of esters is 1. The Hall–Kier alpha value is -1.55. The Morgan fingerprint density at radius 3 is 2.58 bits per heavy atom. The van der Waals surface area contributed by atoms with E-state index < -0.39 is 24.1 Å². The van der Waals surface area contributed by atoms with Gasteiger partial charge < -0.3 is 4.74 Å². The van der Waals surface area contributed by atoms with E-state index in [-0.39, 0.29) is 22.2 Å². The Balaban J connectivity index is 3.34. The lowest BCUT2D eigenvalue weighted by Crippen LogP contribution is -2.16. The average molecular weight is 336 g/mol. The van der Waals surface area contributed by atoms with Crippen molar-refractivity contribution in [3.8, 4) is 6.07 Å². The van der Waals surface area contributed by atoms with E-state index in [1.165, 1.54) is 6.07 Å². The Morgan fingerprint density at radius 2 is 2.11 bits per heavy atom. The fourth-order valence-electron chi connectivity index (χ4n) is 1.54. The number of halogens is 4. The van der Waals surface area contributed by atoms with Gasteiger partial charge in [-0.1, -0.05) is 15.9 Å². The monoisotopic (exact) mass is 335 g/mol. The van der Waals surface area contributed by atoms with E-state index in [0.717, 1.165) is 6.07 Å². The Kier molecular flexibility index (Phi) is 4.95. The normalized spacial score (nSPS) is 10.9. The van der Waals surface area contributed by atoms with Crippen molar-refractivity contribution in [1.82, 2.24) is 0 Å². The zero-order chi connectivity index (χ0) is 14.6. The second-order valence-corrected chi connectivity index (χ2v) is 4.49. The van der Waals surface area contributed by atoms with Gasteiger partial charge in [-0.2, -0.15) is 18.4 Å².